The lowest BCUT2D eigenvalue weighted by molar-refractivity contribution is -0.121. The van der Waals surface area contributed by atoms with Crippen molar-refractivity contribution in [3.63, 3.8) is 0 Å². The van der Waals surface area contributed by atoms with Crippen LogP contribution in [-0.4, -0.2) is 35.7 Å². The number of benzene rings is 2. The van der Waals surface area contributed by atoms with Crippen LogP contribution in [-0.2, 0) is 11.2 Å². The molecule has 1 amide bonds. The van der Waals surface area contributed by atoms with Gasteiger partial charge in [-0.15, -0.1) is 10.2 Å². The molecule has 1 N–H and O–H groups in total. The number of nitrogens with zero attached hydrogens (tertiary/aromatic N) is 3. The van der Waals surface area contributed by atoms with E-state index in [1.54, 1.807) is 0 Å². The molecule has 1 aliphatic rings. The Bertz CT molecular complexity index is 911. The minimum Gasteiger partial charge on any atom is -0.421 e. The molecule has 2 aromatic carbocycles. The van der Waals surface area contributed by atoms with Gasteiger partial charge in [-0.3, -0.25) is 4.79 Å². The van der Waals surface area contributed by atoms with Crippen molar-refractivity contribution in [3.05, 3.63) is 66.6 Å². The van der Waals surface area contributed by atoms with E-state index in [0.717, 1.165) is 31.6 Å². The summed E-state index contributed by atoms with van der Waals surface area (Å²) >= 11 is 0. The molecule has 2 heterocycles. The highest BCUT2D eigenvalue weighted by atomic mass is 16.4. The number of anilines is 1. The zero-order valence-corrected chi connectivity index (χ0v) is 16.5. The fourth-order valence-electron chi connectivity index (χ4n) is 3.67. The van der Waals surface area contributed by atoms with Crippen molar-refractivity contribution in [1.29, 1.82) is 0 Å². The lowest BCUT2D eigenvalue weighted by Crippen LogP contribution is -2.30. The lowest BCUT2D eigenvalue weighted by Gasteiger charge is -2.18. The number of hydrogen-bond acceptors (Lipinski definition) is 5. The fourth-order valence-corrected chi connectivity index (χ4v) is 3.67. The predicted molar refractivity (Wildman–Crippen MR) is 112 cm³/mol. The van der Waals surface area contributed by atoms with E-state index in [-0.39, 0.29) is 5.91 Å². The first kappa shape index (κ1) is 19.2. The highest BCUT2D eigenvalue weighted by molar-refractivity contribution is 5.75. The van der Waals surface area contributed by atoms with E-state index in [2.05, 4.69) is 44.7 Å². The fraction of sp³-hybridized carbons (Fsp3) is 0.348. The van der Waals surface area contributed by atoms with Crippen LogP contribution in [0.15, 0.2) is 65.1 Å². The van der Waals surface area contributed by atoms with Crippen LogP contribution in [0.4, 0.5) is 5.69 Å². The lowest BCUT2D eigenvalue weighted by atomic mass is 10.1. The summed E-state index contributed by atoms with van der Waals surface area (Å²) in [7, 11) is 0. The number of hydrogen-bond donors (Lipinski definition) is 1. The molecule has 0 aliphatic carbocycles. The first-order valence-corrected chi connectivity index (χ1v) is 10.2. The summed E-state index contributed by atoms with van der Waals surface area (Å²) in [5.74, 6) is 1.69. The summed E-state index contributed by atoms with van der Waals surface area (Å²) in [6.07, 6.45) is 2.89. The van der Waals surface area contributed by atoms with Gasteiger partial charge in [0.25, 0.3) is 0 Å². The van der Waals surface area contributed by atoms with Crippen molar-refractivity contribution in [3.8, 4) is 11.5 Å². The zero-order valence-electron chi connectivity index (χ0n) is 16.5. The first-order chi connectivity index (χ1) is 14.3. The number of carbonyl (C=O) groups is 1. The largest absolute Gasteiger partial charge is 0.421 e. The number of nitrogens with one attached hydrogen (secondary N) is 1. The second-order valence-electron chi connectivity index (χ2n) is 7.46. The zero-order chi connectivity index (χ0) is 19.9. The maximum absolute atomic E-state index is 12.2. The number of amides is 1. The van der Waals surface area contributed by atoms with E-state index in [1.165, 1.54) is 5.69 Å². The van der Waals surface area contributed by atoms with Gasteiger partial charge in [0.15, 0.2) is 0 Å². The summed E-state index contributed by atoms with van der Waals surface area (Å²) in [6, 6.07) is 20.1. The maximum atomic E-state index is 12.2. The Morgan fingerprint density at radius 3 is 2.62 bits per heavy atom. The number of aryl methyl sites for hydroxylation is 1. The highest BCUT2D eigenvalue weighted by Crippen LogP contribution is 2.23. The van der Waals surface area contributed by atoms with Crippen molar-refractivity contribution < 1.29 is 9.21 Å². The van der Waals surface area contributed by atoms with Gasteiger partial charge in [0, 0.05) is 43.7 Å². The molecule has 6 heteroatoms. The molecule has 0 saturated carbocycles. The van der Waals surface area contributed by atoms with E-state index < -0.39 is 0 Å². The average molecular weight is 390 g/mol. The smallest absolute Gasteiger partial charge is 0.247 e. The van der Waals surface area contributed by atoms with Gasteiger partial charge in [-0.1, -0.05) is 36.4 Å². The summed E-state index contributed by atoms with van der Waals surface area (Å²) in [5.41, 5.74) is 2.17. The highest BCUT2D eigenvalue weighted by Gasteiger charge is 2.22. The third-order valence-corrected chi connectivity index (χ3v) is 5.28. The number of para-hydroxylation sites is 1. The standard InChI is InChI=1S/C23H26N4O2/c28-21(24-16-18-14-15-27(17-18)20-10-5-2-6-11-20)12-7-13-22-25-26-23(29-22)19-8-3-1-4-9-19/h1-6,8-11,18H,7,12-17H2,(H,24,28). The van der Waals surface area contributed by atoms with Crippen molar-refractivity contribution in [1.82, 2.24) is 15.5 Å². The molecule has 6 nitrogen and oxygen atoms in total. The van der Waals surface area contributed by atoms with Crippen LogP contribution in [0.25, 0.3) is 11.5 Å². The van der Waals surface area contributed by atoms with E-state index in [1.807, 2.05) is 36.4 Å². The van der Waals surface area contributed by atoms with Crippen LogP contribution < -0.4 is 10.2 Å². The van der Waals surface area contributed by atoms with Gasteiger partial charge in [0.2, 0.25) is 17.7 Å². The molecule has 0 bridgehead atoms. The Kier molecular flexibility index (Phi) is 6.19. The van der Waals surface area contributed by atoms with Gasteiger partial charge in [-0.2, -0.15) is 0 Å². The van der Waals surface area contributed by atoms with Gasteiger partial charge in [0.1, 0.15) is 0 Å². The topological polar surface area (TPSA) is 71.3 Å². The number of rotatable bonds is 8. The summed E-state index contributed by atoms with van der Waals surface area (Å²) < 4.78 is 5.69. The molecule has 4 rings (SSSR count). The van der Waals surface area contributed by atoms with Crippen molar-refractivity contribution in [2.45, 2.75) is 25.7 Å². The molecular weight excluding hydrogens is 364 g/mol. The molecule has 1 unspecified atom stereocenters. The maximum Gasteiger partial charge on any atom is 0.247 e. The molecule has 1 atom stereocenters. The molecule has 1 saturated heterocycles. The average Bonchev–Trinajstić information content (AvgIpc) is 3.44. The van der Waals surface area contributed by atoms with Crippen LogP contribution in [0.5, 0.6) is 0 Å². The minimum absolute atomic E-state index is 0.0889. The molecule has 29 heavy (non-hydrogen) atoms. The Hall–Kier alpha value is -3.15. The third kappa shape index (κ3) is 5.22. The molecule has 1 aromatic heterocycles. The molecule has 0 spiro atoms. The monoisotopic (exact) mass is 390 g/mol. The molecule has 1 aliphatic heterocycles. The normalized spacial score (nSPS) is 16.1. The molecule has 3 aromatic rings. The van der Waals surface area contributed by atoms with E-state index in [4.69, 9.17) is 4.42 Å². The van der Waals surface area contributed by atoms with Crippen molar-refractivity contribution in [2.24, 2.45) is 5.92 Å². The van der Waals surface area contributed by atoms with Crippen LogP contribution in [0.3, 0.4) is 0 Å². The summed E-state index contributed by atoms with van der Waals surface area (Å²) in [6.45, 7) is 2.78. The second-order valence-corrected chi connectivity index (χ2v) is 7.46. The summed E-state index contributed by atoms with van der Waals surface area (Å²) in [4.78, 5) is 14.6. The van der Waals surface area contributed by atoms with Gasteiger partial charge in [-0.25, -0.2) is 0 Å². The van der Waals surface area contributed by atoms with Crippen LogP contribution >= 0.6 is 0 Å². The van der Waals surface area contributed by atoms with Crippen molar-refractivity contribution in [2.75, 3.05) is 24.5 Å². The third-order valence-electron chi connectivity index (χ3n) is 5.28. The predicted octanol–water partition coefficient (Wildman–Crippen LogP) is 3.70. The SMILES string of the molecule is O=C(CCCc1nnc(-c2ccccc2)o1)NCC1CCN(c2ccccc2)C1. The van der Waals surface area contributed by atoms with E-state index in [0.29, 0.717) is 37.0 Å². The Balaban J connectivity index is 1.15. The minimum atomic E-state index is 0.0889. The number of aromatic nitrogens is 2. The number of carbonyl (C=O) groups excluding carboxylic acids is 1. The van der Waals surface area contributed by atoms with Crippen LogP contribution in [0.2, 0.25) is 0 Å². The molecule has 1 fully saturated rings. The van der Waals surface area contributed by atoms with Gasteiger partial charge in [0.05, 0.1) is 0 Å². The Labute approximate surface area is 170 Å². The van der Waals surface area contributed by atoms with Crippen molar-refractivity contribution >= 4 is 11.6 Å². The molecule has 150 valence electrons. The quantitative estimate of drug-likeness (QED) is 0.635. The van der Waals surface area contributed by atoms with Gasteiger partial charge in [-0.05, 0) is 43.0 Å². The van der Waals surface area contributed by atoms with Crippen LogP contribution in [0.1, 0.15) is 25.2 Å². The second kappa shape index (κ2) is 9.37. The molecule has 0 radical (unpaired) electrons. The Morgan fingerprint density at radius 2 is 1.83 bits per heavy atom. The Morgan fingerprint density at radius 1 is 1.07 bits per heavy atom. The van der Waals surface area contributed by atoms with E-state index >= 15 is 0 Å². The summed E-state index contributed by atoms with van der Waals surface area (Å²) in [5, 5.41) is 11.2. The van der Waals surface area contributed by atoms with Crippen LogP contribution in [0, 0.1) is 5.92 Å². The molecular formula is C23H26N4O2. The van der Waals surface area contributed by atoms with Gasteiger partial charge < -0.3 is 14.6 Å². The van der Waals surface area contributed by atoms with E-state index in [9.17, 15) is 4.79 Å². The first-order valence-electron chi connectivity index (χ1n) is 10.2. The van der Waals surface area contributed by atoms with Gasteiger partial charge >= 0.3 is 0 Å².